The van der Waals surface area contributed by atoms with Crippen LogP contribution in [0.1, 0.15) is 160 Å². The Labute approximate surface area is 263 Å². The molecule has 4 nitrogen and oxygen atoms in total. The Kier molecular flexibility index (Phi) is 25.2. The molecule has 0 atom stereocenters. The number of unbranched alkanes of at least 4 members (excludes halogenated alkanes) is 18. The fraction of sp³-hybridized carbons (Fsp3) is 0.816. The lowest BCUT2D eigenvalue weighted by atomic mass is 10.1. The third-order valence-electron chi connectivity index (χ3n) is 8.45. The molecule has 0 bridgehead atoms. The number of aliphatic carboxylic acids is 1. The smallest absolute Gasteiger partial charge is 0.300 e. The van der Waals surface area contributed by atoms with Crippen LogP contribution in [0.3, 0.4) is 0 Å². The number of carboxylic acid groups (broad SMARTS) is 1. The molecule has 0 fully saturated rings. The quantitative estimate of drug-likeness (QED) is 0.0860. The Balaban J connectivity index is 0.00000393. The highest BCUT2D eigenvalue weighted by Crippen LogP contribution is 2.18. The Morgan fingerprint density at radius 3 is 1.10 bits per heavy atom. The minimum atomic E-state index is -0.833. The number of quaternary nitrogens is 2. The van der Waals surface area contributed by atoms with Gasteiger partial charge in [-0.3, -0.25) is 4.79 Å². The minimum absolute atomic E-state index is 0.833. The molecule has 0 heterocycles. The van der Waals surface area contributed by atoms with Crippen LogP contribution in [0.25, 0.3) is 0 Å². The molecule has 0 saturated carbocycles. The van der Waals surface area contributed by atoms with Crippen molar-refractivity contribution in [3.63, 3.8) is 0 Å². The Bertz CT molecular complexity index is 702. The molecule has 1 aromatic rings. The van der Waals surface area contributed by atoms with Gasteiger partial charge in [0.25, 0.3) is 5.97 Å². The number of benzene rings is 1. The molecule has 42 heavy (non-hydrogen) atoms. The lowest BCUT2D eigenvalue weighted by Gasteiger charge is -2.31. The van der Waals surface area contributed by atoms with Gasteiger partial charge >= 0.3 is 0 Å². The number of hydrogen-bond acceptors (Lipinski definition) is 1. The molecule has 246 valence electrons. The number of nitrogens with zero attached hydrogens (tertiary/aromatic N) is 2. The van der Waals surface area contributed by atoms with Crippen LogP contribution < -0.4 is 0 Å². The van der Waals surface area contributed by atoms with Crippen molar-refractivity contribution in [2.45, 2.75) is 162 Å². The predicted octanol–water partition coefficient (Wildman–Crippen LogP) is 10.8. The molecule has 0 radical (unpaired) electrons. The molecule has 1 rings (SSSR count). The van der Waals surface area contributed by atoms with Crippen molar-refractivity contribution in [3.8, 4) is 0 Å². The molecule has 1 aromatic carbocycles. The lowest BCUT2D eigenvalue weighted by molar-refractivity contribution is -0.904. The summed E-state index contributed by atoms with van der Waals surface area (Å²) in [7, 11) is 9.69. The highest BCUT2D eigenvalue weighted by molar-refractivity contribution is 5.62. The van der Waals surface area contributed by atoms with Crippen molar-refractivity contribution in [2.24, 2.45) is 0 Å². The lowest BCUT2D eigenvalue weighted by Crippen LogP contribution is -2.40. The average molecular weight is 591 g/mol. The fourth-order valence-electron chi connectivity index (χ4n) is 6.03. The van der Waals surface area contributed by atoms with Gasteiger partial charge < -0.3 is 14.1 Å². The van der Waals surface area contributed by atoms with E-state index in [0.29, 0.717) is 0 Å². The first kappa shape index (κ1) is 40.6. The second-order valence-corrected chi connectivity index (χ2v) is 14.3. The van der Waals surface area contributed by atoms with E-state index in [0.717, 1.165) is 29.0 Å². The van der Waals surface area contributed by atoms with Gasteiger partial charge in [0, 0.05) is 18.1 Å². The normalized spacial score (nSPS) is 11.8. The Hall–Kier alpha value is -1.39. The summed E-state index contributed by atoms with van der Waals surface area (Å²) < 4.78 is 2.22. The van der Waals surface area contributed by atoms with E-state index < -0.39 is 5.97 Å². The standard InChI is InChI=1S/C36H70N2.C2H4O2/c1-7-9-11-13-15-17-19-21-23-25-30-37(3,4)33-35-28-27-29-36(32-35)34-38(5,6)31-26-24-22-20-18-16-14-12-10-8-2;1-2(3)4/h27-29,32H,7-26,30-31,33-34H2,1-6H3;1H3,(H,3,4)/q+2;. The van der Waals surface area contributed by atoms with Gasteiger partial charge in [-0.25, -0.2) is 0 Å². The van der Waals surface area contributed by atoms with E-state index in [1.807, 2.05) is 0 Å². The molecule has 0 amide bonds. The number of rotatable bonds is 26. The second kappa shape index (κ2) is 26.1. The second-order valence-electron chi connectivity index (χ2n) is 14.3. The van der Waals surface area contributed by atoms with Gasteiger partial charge in [-0.1, -0.05) is 135 Å². The van der Waals surface area contributed by atoms with E-state index in [1.54, 1.807) is 0 Å². The maximum absolute atomic E-state index is 9.00. The van der Waals surface area contributed by atoms with Crippen molar-refractivity contribution < 1.29 is 18.9 Å². The van der Waals surface area contributed by atoms with Gasteiger partial charge in [-0.2, -0.15) is 0 Å². The maximum atomic E-state index is 9.00. The zero-order valence-electron chi connectivity index (χ0n) is 29.5. The zero-order valence-corrected chi connectivity index (χ0v) is 29.5. The summed E-state index contributed by atoms with van der Waals surface area (Å²) >= 11 is 0. The van der Waals surface area contributed by atoms with Gasteiger partial charge in [-0.15, -0.1) is 0 Å². The first-order valence-electron chi connectivity index (χ1n) is 17.9. The molecule has 0 unspecified atom stereocenters. The van der Waals surface area contributed by atoms with E-state index in [1.165, 1.54) is 153 Å². The van der Waals surface area contributed by atoms with Crippen molar-refractivity contribution in [1.82, 2.24) is 0 Å². The third kappa shape index (κ3) is 27.4. The topological polar surface area (TPSA) is 37.3 Å². The summed E-state index contributed by atoms with van der Waals surface area (Å²) in [6, 6.07) is 9.50. The van der Waals surface area contributed by atoms with Crippen LogP contribution in [0.5, 0.6) is 0 Å². The largest absolute Gasteiger partial charge is 0.481 e. The van der Waals surface area contributed by atoms with Crippen LogP contribution >= 0.6 is 0 Å². The molecular formula is C38H74N2O2+2. The monoisotopic (exact) mass is 591 g/mol. The number of carbonyl (C=O) groups is 1. The maximum Gasteiger partial charge on any atom is 0.300 e. The molecule has 0 saturated heterocycles. The molecule has 0 aliphatic rings. The summed E-state index contributed by atoms with van der Waals surface area (Å²) in [5, 5.41) is 7.42. The Morgan fingerprint density at radius 1 is 0.548 bits per heavy atom. The molecule has 1 N–H and O–H groups in total. The van der Waals surface area contributed by atoms with E-state index in [9.17, 15) is 0 Å². The van der Waals surface area contributed by atoms with Crippen LogP contribution in [0.4, 0.5) is 0 Å². The molecule has 4 heteroatoms. The first-order chi connectivity index (χ1) is 20.0. The molecule has 0 aliphatic carbocycles. The van der Waals surface area contributed by atoms with E-state index in [4.69, 9.17) is 9.90 Å². The molecule has 0 spiro atoms. The zero-order chi connectivity index (χ0) is 31.5. The van der Waals surface area contributed by atoms with Gasteiger partial charge in [-0.05, 0) is 31.7 Å². The Morgan fingerprint density at radius 2 is 0.810 bits per heavy atom. The van der Waals surface area contributed by atoms with Crippen LogP contribution in [0, 0.1) is 0 Å². The minimum Gasteiger partial charge on any atom is -0.481 e. The van der Waals surface area contributed by atoms with Gasteiger partial charge in [0.1, 0.15) is 13.1 Å². The number of carboxylic acids is 1. The van der Waals surface area contributed by atoms with Crippen LogP contribution in [0.15, 0.2) is 24.3 Å². The first-order valence-corrected chi connectivity index (χ1v) is 17.9. The predicted molar refractivity (Wildman–Crippen MR) is 185 cm³/mol. The van der Waals surface area contributed by atoms with Crippen LogP contribution in [-0.2, 0) is 17.9 Å². The van der Waals surface area contributed by atoms with Crippen LogP contribution in [-0.4, -0.2) is 61.3 Å². The molecule has 0 aromatic heterocycles. The summed E-state index contributed by atoms with van der Waals surface area (Å²) in [4.78, 5) is 9.00. The van der Waals surface area contributed by atoms with Gasteiger partial charge in [0.05, 0.1) is 41.3 Å². The van der Waals surface area contributed by atoms with E-state index in [-0.39, 0.29) is 0 Å². The van der Waals surface area contributed by atoms with Crippen molar-refractivity contribution >= 4 is 5.97 Å². The highest BCUT2D eigenvalue weighted by Gasteiger charge is 2.18. The summed E-state index contributed by atoms with van der Waals surface area (Å²) in [5.74, 6) is -0.833. The van der Waals surface area contributed by atoms with Crippen molar-refractivity contribution in [1.29, 1.82) is 0 Å². The van der Waals surface area contributed by atoms with Crippen LogP contribution in [0.2, 0.25) is 0 Å². The third-order valence-corrected chi connectivity index (χ3v) is 8.45. The highest BCUT2D eigenvalue weighted by atomic mass is 16.4. The summed E-state index contributed by atoms with van der Waals surface area (Å²) in [6.07, 6.45) is 28.4. The van der Waals surface area contributed by atoms with E-state index in [2.05, 4.69) is 66.3 Å². The average Bonchev–Trinajstić information content (AvgIpc) is 2.90. The van der Waals surface area contributed by atoms with E-state index >= 15 is 0 Å². The number of hydrogen-bond donors (Lipinski definition) is 1. The summed E-state index contributed by atoms with van der Waals surface area (Å²) in [5.41, 5.74) is 3.03. The molecule has 0 aliphatic heterocycles. The molecular weight excluding hydrogens is 516 g/mol. The fourth-order valence-corrected chi connectivity index (χ4v) is 6.03. The van der Waals surface area contributed by atoms with Crippen molar-refractivity contribution in [3.05, 3.63) is 35.4 Å². The van der Waals surface area contributed by atoms with Crippen molar-refractivity contribution in [2.75, 3.05) is 41.3 Å². The SMILES string of the molecule is CC(=O)O.CCCCCCCCCCCC[N+](C)(C)Cc1cccc(C[N+](C)(C)CCCCCCCCCCCC)c1. The van der Waals surface area contributed by atoms with Gasteiger partial charge in [0.2, 0.25) is 0 Å². The summed E-state index contributed by atoms with van der Waals surface area (Å²) in [6.45, 7) is 10.6. The van der Waals surface area contributed by atoms with Gasteiger partial charge in [0.15, 0.2) is 0 Å².